The third-order valence-corrected chi connectivity index (χ3v) is 2.19. The minimum absolute atomic E-state index is 0.0224. The fourth-order valence-corrected chi connectivity index (χ4v) is 1.27. The Labute approximate surface area is 93.8 Å². The quantitative estimate of drug-likeness (QED) is 0.364. The van der Waals surface area contributed by atoms with Crippen LogP contribution in [0.25, 0.3) is 0 Å². The van der Waals surface area contributed by atoms with Crippen LogP contribution < -0.4 is 4.74 Å². The van der Waals surface area contributed by atoms with Crippen LogP contribution in [0.15, 0.2) is 18.2 Å². The number of rotatable bonds is 5. The molecule has 0 bridgehead atoms. The van der Waals surface area contributed by atoms with E-state index >= 15 is 0 Å². The normalized spacial score (nSPS) is 10.0. The summed E-state index contributed by atoms with van der Waals surface area (Å²) in [6, 6.07) is 4.94. The van der Waals surface area contributed by atoms with Gasteiger partial charge >= 0.3 is 5.69 Å². The van der Waals surface area contributed by atoms with Crippen LogP contribution in [0.1, 0.15) is 12.0 Å². The van der Waals surface area contributed by atoms with Crippen LogP contribution >= 0.6 is 12.6 Å². The second-order valence-electron chi connectivity index (χ2n) is 3.15. The second kappa shape index (κ2) is 5.60. The van der Waals surface area contributed by atoms with E-state index in [2.05, 4.69) is 12.6 Å². The minimum Gasteiger partial charge on any atom is -0.487 e. The molecule has 0 fully saturated rings. The van der Waals surface area contributed by atoms with Crippen LogP contribution in [0.4, 0.5) is 5.69 Å². The molecule has 4 nitrogen and oxygen atoms in total. The van der Waals surface area contributed by atoms with Gasteiger partial charge in [-0.1, -0.05) is 6.07 Å². The summed E-state index contributed by atoms with van der Waals surface area (Å²) in [6.07, 6.45) is 0.772. The number of nitro benzene ring substituents is 1. The number of hydrogen-bond donors (Lipinski definition) is 1. The first-order valence-electron chi connectivity index (χ1n) is 4.64. The molecular weight excluding hydrogens is 214 g/mol. The van der Waals surface area contributed by atoms with Gasteiger partial charge in [0.2, 0.25) is 0 Å². The molecule has 1 rings (SSSR count). The molecule has 0 aliphatic rings. The van der Waals surface area contributed by atoms with Crippen LogP contribution in [0, 0.1) is 17.0 Å². The van der Waals surface area contributed by atoms with Gasteiger partial charge in [-0.15, -0.1) is 0 Å². The average molecular weight is 227 g/mol. The van der Waals surface area contributed by atoms with Gasteiger partial charge in [-0.3, -0.25) is 10.1 Å². The van der Waals surface area contributed by atoms with Crippen LogP contribution in [0.3, 0.4) is 0 Å². The van der Waals surface area contributed by atoms with Crippen LogP contribution in [-0.4, -0.2) is 17.3 Å². The minimum atomic E-state index is -0.428. The lowest BCUT2D eigenvalue weighted by molar-refractivity contribution is -0.385. The van der Waals surface area contributed by atoms with E-state index in [0.717, 1.165) is 12.0 Å². The maximum Gasteiger partial charge on any atom is 0.311 e. The third kappa shape index (κ3) is 3.43. The van der Waals surface area contributed by atoms with E-state index in [-0.39, 0.29) is 5.69 Å². The van der Waals surface area contributed by atoms with Crippen LogP contribution in [0.2, 0.25) is 0 Å². The van der Waals surface area contributed by atoms with Gasteiger partial charge in [0.15, 0.2) is 5.75 Å². The molecule has 0 saturated carbocycles. The largest absolute Gasteiger partial charge is 0.487 e. The highest BCUT2D eigenvalue weighted by Gasteiger charge is 2.14. The van der Waals surface area contributed by atoms with E-state index in [1.807, 2.05) is 6.92 Å². The number of thiol groups is 1. The Morgan fingerprint density at radius 3 is 2.87 bits per heavy atom. The van der Waals surface area contributed by atoms with Crippen molar-refractivity contribution in [2.45, 2.75) is 13.3 Å². The molecule has 0 radical (unpaired) electrons. The Kier molecular flexibility index (Phi) is 4.42. The molecule has 1 aromatic rings. The summed E-state index contributed by atoms with van der Waals surface area (Å²) in [5.74, 6) is 1.03. The van der Waals surface area contributed by atoms with Crippen LogP contribution in [0.5, 0.6) is 5.75 Å². The smallest absolute Gasteiger partial charge is 0.311 e. The topological polar surface area (TPSA) is 52.4 Å². The fourth-order valence-electron chi connectivity index (χ4n) is 1.14. The van der Waals surface area contributed by atoms with Gasteiger partial charge in [0.25, 0.3) is 0 Å². The van der Waals surface area contributed by atoms with E-state index in [1.54, 1.807) is 12.1 Å². The SMILES string of the molecule is Cc1ccc(OCCCS)c([N+](=O)[O-])c1. The summed E-state index contributed by atoms with van der Waals surface area (Å²) >= 11 is 4.04. The summed E-state index contributed by atoms with van der Waals surface area (Å²) in [6.45, 7) is 2.26. The molecule has 0 saturated heterocycles. The molecule has 5 heteroatoms. The molecule has 0 amide bonds. The number of hydrogen-bond acceptors (Lipinski definition) is 4. The van der Waals surface area contributed by atoms with Crippen molar-refractivity contribution in [2.24, 2.45) is 0 Å². The first kappa shape index (κ1) is 11.8. The van der Waals surface area contributed by atoms with E-state index in [1.165, 1.54) is 6.07 Å². The zero-order valence-electron chi connectivity index (χ0n) is 8.47. The van der Waals surface area contributed by atoms with Crippen molar-refractivity contribution in [3.05, 3.63) is 33.9 Å². The number of ether oxygens (including phenoxy) is 1. The standard InChI is InChI=1S/C10H13NO3S/c1-8-3-4-10(14-5-2-6-15)9(7-8)11(12)13/h3-4,7,15H,2,5-6H2,1H3. The summed E-state index contributed by atoms with van der Waals surface area (Å²) in [4.78, 5) is 10.3. The lowest BCUT2D eigenvalue weighted by Gasteiger charge is -2.06. The van der Waals surface area contributed by atoms with Crippen LogP contribution in [-0.2, 0) is 0 Å². The Morgan fingerprint density at radius 1 is 1.53 bits per heavy atom. The Balaban J connectivity index is 2.81. The molecule has 15 heavy (non-hydrogen) atoms. The molecule has 0 atom stereocenters. The van der Waals surface area contributed by atoms with E-state index < -0.39 is 4.92 Å². The lowest BCUT2D eigenvalue weighted by Crippen LogP contribution is -2.01. The van der Waals surface area contributed by atoms with E-state index in [4.69, 9.17) is 4.74 Å². The van der Waals surface area contributed by atoms with Gasteiger partial charge < -0.3 is 4.74 Å². The second-order valence-corrected chi connectivity index (χ2v) is 3.60. The Hall–Kier alpha value is -1.23. The first-order valence-corrected chi connectivity index (χ1v) is 5.27. The molecule has 0 aliphatic carbocycles. The van der Waals surface area contributed by atoms with E-state index in [9.17, 15) is 10.1 Å². The molecule has 0 heterocycles. The molecule has 0 unspecified atom stereocenters. The molecule has 1 aromatic carbocycles. The lowest BCUT2D eigenvalue weighted by atomic mass is 10.2. The molecule has 0 aromatic heterocycles. The summed E-state index contributed by atoms with van der Waals surface area (Å²) in [5.41, 5.74) is 0.873. The van der Waals surface area contributed by atoms with Crippen molar-refractivity contribution in [3.63, 3.8) is 0 Å². The third-order valence-electron chi connectivity index (χ3n) is 1.87. The fraction of sp³-hybridized carbons (Fsp3) is 0.400. The number of aryl methyl sites for hydroxylation is 1. The van der Waals surface area contributed by atoms with Gasteiger partial charge in [0, 0.05) is 6.07 Å². The Morgan fingerprint density at radius 2 is 2.27 bits per heavy atom. The highest BCUT2D eigenvalue weighted by atomic mass is 32.1. The van der Waals surface area contributed by atoms with Crippen molar-refractivity contribution < 1.29 is 9.66 Å². The van der Waals surface area contributed by atoms with Gasteiger partial charge in [-0.2, -0.15) is 12.6 Å². The summed E-state index contributed by atoms with van der Waals surface area (Å²) in [7, 11) is 0. The van der Waals surface area contributed by atoms with Crippen molar-refractivity contribution in [1.29, 1.82) is 0 Å². The maximum absolute atomic E-state index is 10.7. The van der Waals surface area contributed by atoms with Crippen molar-refractivity contribution >= 4 is 18.3 Å². The van der Waals surface area contributed by atoms with Crippen molar-refractivity contribution in [1.82, 2.24) is 0 Å². The van der Waals surface area contributed by atoms with E-state index in [0.29, 0.717) is 18.1 Å². The predicted octanol–water partition coefficient (Wildman–Crippen LogP) is 2.60. The summed E-state index contributed by atoms with van der Waals surface area (Å²) in [5, 5.41) is 10.7. The molecular formula is C10H13NO3S. The molecule has 82 valence electrons. The van der Waals surface area contributed by atoms with Gasteiger partial charge in [-0.25, -0.2) is 0 Å². The highest BCUT2D eigenvalue weighted by molar-refractivity contribution is 7.80. The number of nitro groups is 1. The summed E-state index contributed by atoms with van der Waals surface area (Å²) < 4.78 is 5.30. The average Bonchev–Trinajstić information content (AvgIpc) is 2.20. The van der Waals surface area contributed by atoms with Gasteiger partial charge in [0.1, 0.15) is 0 Å². The van der Waals surface area contributed by atoms with Gasteiger partial charge in [-0.05, 0) is 30.7 Å². The van der Waals surface area contributed by atoms with Gasteiger partial charge in [0.05, 0.1) is 11.5 Å². The zero-order chi connectivity index (χ0) is 11.3. The number of nitrogens with zero attached hydrogens (tertiary/aromatic N) is 1. The predicted molar refractivity (Wildman–Crippen MR) is 61.8 cm³/mol. The molecule has 0 spiro atoms. The zero-order valence-corrected chi connectivity index (χ0v) is 9.37. The molecule has 0 aliphatic heterocycles. The maximum atomic E-state index is 10.7. The Bertz CT molecular complexity index is 355. The first-order chi connectivity index (χ1) is 7.15. The monoisotopic (exact) mass is 227 g/mol. The number of benzene rings is 1. The van der Waals surface area contributed by atoms with Crippen molar-refractivity contribution in [2.75, 3.05) is 12.4 Å². The van der Waals surface area contributed by atoms with Crippen molar-refractivity contribution in [3.8, 4) is 5.75 Å². The highest BCUT2D eigenvalue weighted by Crippen LogP contribution is 2.27. The molecule has 0 N–H and O–H groups in total.